The molecule has 0 aromatic heterocycles. The summed E-state index contributed by atoms with van der Waals surface area (Å²) >= 11 is 0. The van der Waals surface area contributed by atoms with Crippen LogP contribution in [0.5, 0.6) is 5.75 Å². The fourth-order valence-corrected chi connectivity index (χ4v) is 1.40. The number of aromatic hydroxyl groups is 1. The van der Waals surface area contributed by atoms with Crippen LogP contribution in [-0.4, -0.2) is 5.11 Å². The van der Waals surface area contributed by atoms with Gasteiger partial charge in [-0.1, -0.05) is 38.0 Å². The average Bonchev–Trinajstić information content (AvgIpc) is 2.11. The Labute approximate surface area is 80.4 Å². The smallest absolute Gasteiger partial charge is 0.118 e. The molecule has 0 aliphatic carbocycles. The van der Waals surface area contributed by atoms with Crippen molar-refractivity contribution in [3.8, 4) is 5.75 Å². The minimum Gasteiger partial charge on any atom is -0.508 e. The second-order valence-corrected chi connectivity index (χ2v) is 3.85. The molecular weight excluding hydrogens is 160 g/mol. The molecule has 0 aliphatic heterocycles. The normalized spacial score (nSPS) is 12.8. The first-order chi connectivity index (χ1) is 6.13. The zero-order valence-electron chi connectivity index (χ0n) is 8.67. The SMILES string of the molecule is CCC(C)Cc1cc(C)ccc1O. The Kier molecular flexibility index (Phi) is 3.35. The monoisotopic (exact) mass is 178 g/mol. The van der Waals surface area contributed by atoms with Crippen molar-refractivity contribution in [1.29, 1.82) is 0 Å². The number of aryl methyl sites for hydroxylation is 1. The minimum atomic E-state index is 0.436. The first kappa shape index (κ1) is 10.1. The van der Waals surface area contributed by atoms with Crippen molar-refractivity contribution in [2.75, 3.05) is 0 Å². The predicted molar refractivity (Wildman–Crippen MR) is 56.0 cm³/mol. The summed E-state index contributed by atoms with van der Waals surface area (Å²) in [7, 11) is 0. The molecule has 0 spiro atoms. The van der Waals surface area contributed by atoms with Gasteiger partial charge in [-0.3, -0.25) is 0 Å². The van der Waals surface area contributed by atoms with Crippen molar-refractivity contribution in [2.45, 2.75) is 33.6 Å². The summed E-state index contributed by atoms with van der Waals surface area (Å²) in [4.78, 5) is 0. The summed E-state index contributed by atoms with van der Waals surface area (Å²) in [5, 5.41) is 9.58. The number of rotatable bonds is 3. The number of phenolic OH excluding ortho intramolecular Hbond substituents is 1. The molecule has 0 aliphatic rings. The Morgan fingerprint density at radius 1 is 1.38 bits per heavy atom. The molecule has 0 fully saturated rings. The molecule has 13 heavy (non-hydrogen) atoms. The summed E-state index contributed by atoms with van der Waals surface area (Å²) in [6.45, 7) is 6.44. The Morgan fingerprint density at radius 2 is 2.08 bits per heavy atom. The van der Waals surface area contributed by atoms with E-state index >= 15 is 0 Å². The molecule has 0 bridgehead atoms. The van der Waals surface area contributed by atoms with Gasteiger partial charge in [-0.15, -0.1) is 0 Å². The van der Waals surface area contributed by atoms with E-state index in [-0.39, 0.29) is 0 Å². The van der Waals surface area contributed by atoms with Crippen molar-refractivity contribution in [3.05, 3.63) is 29.3 Å². The van der Waals surface area contributed by atoms with Crippen LogP contribution in [0.2, 0.25) is 0 Å². The minimum absolute atomic E-state index is 0.436. The maximum absolute atomic E-state index is 9.58. The highest BCUT2D eigenvalue weighted by Crippen LogP contribution is 2.22. The van der Waals surface area contributed by atoms with Gasteiger partial charge in [-0.25, -0.2) is 0 Å². The van der Waals surface area contributed by atoms with E-state index in [1.54, 1.807) is 6.07 Å². The lowest BCUT2D eigenvalue weighted by atomic mass is 9.97. The molecule has 1 aromatic rings. The second kappa shape index (κ2) is 4.31. The summed E-state index contributed by atoms with van der Waals surface area (Å²) in [6.07, 6.45) is 2.14. The van der Waals surface area contributed by atoms with Crippen LogP contribution in [0.15, 0.2) is 18.2 Å². The van der Waals surface area contributed by atoms with Gasteiger partial charge in [-0.05, 0) is 30.9 Å². The Balaban J connectivity index is 2.81. The Morgan fingerprint density at radius 3 is 2.69 bits per heavy atom. The highest BCUT2D eigenvalue weighted by atomic mass is 16.3. The standard InChI is InChI=1S/C12H18O/c1-4-9(2)7-11-8-10(3)5-6-12(11)13/h5-6,8-9,13H,4,7H2,1-3H3. The molecule has 1 heteroatoms. The fraction of sp³-hybridized carbons (Fsp3) is 0.500. The van der Waals surface area contributed by atoms with E-state index in [0.717, 1.165) is 18.4 Å². The summed E-state index contributed by atoms with van der Waals surface area (Å²) in [5.74, 6) is 1.08. The highest BCUT2D eigenvalue weighted by molar-refractivity contribution is 5.35. The van der Waals surface area contributed by atoms with Crippen molar-refractivity contribution in [1.82, 2.24) is 0 Å². The lowest BCUT2D eigenvalue weighted by Crippen LogP contribution is -1.98. The highest BCUT2D eigenvalue weighted by Gasteiger charge is 2.05. The molecule has 0 saturated carbocycles. The van der Waals surface area contributed by atoms with Gasteiger partial charge in [0.05, 0.1) is 0 Å². The predicted octanol–water partition coefficient (Wildman–Crippen LogP) is 3.29. The van der Waals surface area contributed by atoms with Gasteiger partial charge in [0.1, 0.15) is 5.75 Å². The molecular formula is C12H18O. The molecule has 0 radical (unpaired) electrons. The third-order valence-corrected chi connectivity index (χ3v) is 2.50. The van der Waals surface area contributed by atoms with E-state index in [1.807, 2.05) is 6.07 Å². The van der Waals surface area contributed by atoms with Crippen molar-refractivity contribution < 1.29 is 5.11 Å². The first-order valence-corrected chi connectivity index (χ1v) is 4.92. The van der Waals surface area contributed by atoms with E-state index in [4.69, 9.17) is 0 Å². The van der Waals surface area contributed by atoms with E-state index in [0.29, 0.717) is 11.7 Å². The van der Waals surface area contributed by atoms with E-state index < -0.39 is 0 Å². The lowest BCUT2D eigenvalue weighted by Gasteiger charge is -2.10. The van der Waals surface area contributed by atoms with Crippen LogP contribution in [0.3, 0.4) is 0 Å². The molecule has 0 amide bonds. The van der Waals surface area contributed by atoms with E-state index in [2.05, 4.69) is 26.8 Å². The number of hydrogen-bond donors (Lipinski definition) is 1. The zero-order valence-corrected chi connectivity index (χ0v) is 8.67. The van der Waals surface area contributed by atoms with E-state index in [9.17, 15) is 5.11 Å². The van der Waals surface area contributed by atoms with Crippen LogP contribution < -0.4 is 0 Å². The molecule has 1 unspecified atom stereocenters. The maximum Gasteiger partial charge on any atom is 0.118 e. The number of phenols is 1. The molecule has 0 heterocycles. The second-order valence-electron chi connectivity index (χ2n) is 3.85. The zero-order chi connectivity index (χ0) is 9.84. The topological polar surface area (TPSA) is 20.2 Å². The van der Waals surface area contributed by atoms with Gasteiger partial charge in [-0.2, -0.15) is 0 Å². The molecule has 72 valence electrons. The van der Waals surface area contributed by atoms with Crippen LogP contribution in [-0.2, 0) is 6.42 Å². The number of hydrogen-bond acceptors (Lipinski definition) is 1. The Bertz CT molecular complexity index is 278. The molecule has 1 atom stereocenters. The van der Waals surface area contributed by atoms with Gasteiger partial charge >= 0.3 is 0 Å². The van der Waals surface area contributed by atoms with Crippen molar-refractivity contribution in [2.24, 2.45) is 5.92 Å². The third-order valence-electron chi connectivity index (χ3n) is 2.50. The third kappa shape index (κ3) is 2.76. The maximum atomic E-state index is 9.58. The summed E-state index contributed by atoms with van der Waals surface area (Å²) < 4.78 is 0. The molecule has 0 saturated heterocycles. The fourth-order valence-electron chi connectivity index (χ4n) is 1.40. The molecule has 1 N–H and O–H groups in total. The van der Waals surface area contributed by atoms with Gasteiger partial charge < -0.3 is 5.11 Å². The number of benzene rings is 1. The van der Waals surface area contributed by atoms with Gasteiger partial charge in [0.15, 0.2) is 0 Å². The van der Waals surface area contributed by atoms with Gasteiger partial charge in [0, 0.05) is 0 Å². The molecule has 1 nitrogen and oxygen atoms in total. The first-order valence-electron chi connectivity index (χ1n) is 4.92. The van der Waals surface area contributed by atoms with Crippen LogP contribution in [0.1, 0.15) is 31.4 Å². The summed E-state index contributed by atoms with van der Waals surface area (Å²) in [5.41, 5.74) is 2.30. The largest absolute Gasteiger partial charge is 0.508 e. The quantitative estimate of drug-likeness (QED) is 0.753. The van der Waals surface area contributed by atoms with Crippen molar-refractivity contribution >= 4 is 0 Å². The van der Waals surface area contributed by atoms with E-state index in [1.165, 1.54) is 5.56 Å². The Hall–Kier alpha value is -0.980. The van der Waals surface area contributed by atoms with Crippen molar-refractivity contribution in [3.63, 3.8) is 0 Å². The van der Waals surface area contributed by atoms with Crippen LogP contribution in [0, 0.1) is 12.8 Å². The van der Waals surface area contributed by atoms with Gasteiger partial charge in [0.25, 0.3) is 0 Å². The molecule has 1 rings (SSSR count). The lowest BCUT2D eigenvalue weighted by molar-refractivity contribution is 0.457. The van der Waals surface area contributed by atoms with Gasteiger partial charge in [0.2, 0.25) is 0 Å². The van der Waals surface area contributed by atoms with Crippen LogP contribution in [0.25, 0.3) is 0 Å². The molecule has 1 aromatic carbocycles. The van der Waals surface area contributed by atoms with Crippen LogP contribution >= 0.6 is 0 Å². The summed E-state index contributed by atoms with van der Waals surface area (Å²) in [6, 6.07) is 5.80. The average molecular weight is 178 g/mol. The van der Waals surface area contributed by atoms with Crippen LogP contribution in [0.4, 0.5) is 0 Å².